The van der Waals surface area contributed by atoms with Crippen LogP contribution in [0.15, 0.2) is 127 Å². The van der Waals surface area contributed by atoms with Crippen molar-refractivity contribution in [1.82, 2.24) is 36.6 Å². The number of carbonyl (C=O) groups excluding carboxylic acids is 5. The Kier molecular flexibility index (Phi) is 17.6. The fourth-order valence-corrected chi connectivity index (χ4v) is 7.99. The van der Waals surface area contributed by atoms with Gasteiger partial charge in [-0.15, -0.1) is 0 Å². The summed E-state index contributed by atoms with van der Waals surface area (Å²) in [5.74, 6) is -5.55. The summed E-state index contributed by atoms with van der Waals surface area (Å²) in [4.78, 5) is 93.5. The standard InChI is InChI=1S/C50H59N11O8/c1-29(62)43(48(67)60-42(49(68)69)24-31-15-6-3-7-16-31)61-45(64)39(21-12-22-54-50(52)53)57-46(65)41(26-33-28-56-38-20-11-9-18-35(33)38)59-47(66)40(25-32-27-55-37-19-10-8-17-34(32)37)58-44(63)36(51)23-30-13-4-2-5-14-30/h2-11,13-20,27-29,36,39-43,55-56,62H,12,21-26,51H2,1H3,(H,57,65)(H,58,63)(H,59,66)(H,60,67)(H,61,64)(H,68,69)(H4,52,53,54)/t29-,36+,39+,40+,41-,42+,43+/m1/s1. The number of carbonyl (C=O) groups is 6. The molecule has 5 amide bonds. The van der Waals surface area contributed by atoms with Crippen LogP contribution in [0.1, 0.15) is 42.0 Å². The molecule has 2 aromatic heterocycles. The van der Waals surface area contributed by atoms with E-state index in [4.69, 9.17) is 17.2 Å². The molecule has 0 radical (unpaired) electrons. The number of aliphatic hydroxyl groups is 1. The van der Waals surface area contributed by atoms with Crippen molar-refractivity contribution < 1.29 is 39.0 Å². The molecule has 6 aromatic rings. The number of hydrogen-bond acceptors (Lipinski definition) is 9. The van der Waals surface area contributed by atoms with Gasteiger partial charge in [0.25, 0.3) is 0 Å². The number of nitrogens with two attached hydrogens (primary N) is 3. The van der Waals surface area contributed by atoms with Crippen molar-refractivity contribution in [3.63, 3.8) is 0 Å². The van der Waals surface area contributed by atoms with Crippen LogP contribution in [0.5, 0.6) is 0 Å². The zero-order chi connectivity index (χ0) is 49.5. The molecule has 4 aromatic carbocycles. The molecule has 69 heavy (non-hydrogen) atoms. The van der Waals surface area contributed by atoms with Gasteiger partial charge in [-0.25, -0.2) is 4.79 Å². The summed E-state index contributed by atoms with van der Waals surface area (Å²) in [6, 6.07) is 24.5. The number of nitrogens with one attached hydrogen (secondary N) is 7. The number of aromatic nitrogens is 2. The van der Waals surface area contributed by atoms with Crippen LogP contribution in [0.4, 0.5) is 0 Å². The van der Waals surface area contributed by atoms with Gasteiger partial charge < -0.3 is 64.0 Å². The highest BCUT2D eigenvalue weighted by atomic mass is 16.4. The summed E-state index contributed by atoms with van der Waals surface area (Å²) in [6.07, 6.45) is 2.04. The number of H-pyrrole nitrogens is 2. The average molecular weight is 942 g/mol. The summed E-state index contributed by atoms with van der Waals surface area (Å²) >= 11 is 0. The van der Waals surface area contributed by atoms with Gasteiger partial charge in [0.15, 0.2) is 5.96 Å². The Hall–Kier alpha value is -8.03. The van der Waals surface area contributed by atoms with E-state index in [-0.39, 0.29) is 51.0 Å². The lowest BCUT2D eigenvalue weighted by atomic mass is 10.00. The number of carboxylic acid groups (broad SMARTS) is 1. The molecule has 19 heteroatoms. The Morgan fingerprint density at radius 1 is 0.565 bits per heavy atom. The molecule has 19 nitrogen and oxygen atoms in total. The predicted octanol–water partition coefficient (Wildman–Crippen LogP) is 1.19. The molecule has 0 fully saturated rings. The fourth-order valence-electron chi connectivity index (χ4n) is 7.99. The molecule has 0 saturated carbocycles. The number of rotatable bonds is 24. The molecule has 0 aliphatic carbocycles. The number of carboxylic acids is 1. The number of aliphatic hydroxyl groups excluding tert-OH is 1. The van der Waals surface area contributed by atoms with Crippen LogP contribution < -0.4 is 43.8 Å². The van der Waals surface area contributed by atoms with Gasteiger partial charge in [-0.2, -0.15) is 0 Å². The topological polar surface area (TPSA) is 325 Å². The van der Waals surface area contributed by atoms with Crippen LogP contribution in [-0.4, -0.2) is 111 Å². The first-order chi connectivity index (χ1) is 33.2. The van der Waals surface area contributed by atoms with E-state index in [1.807, 2.05) is 78.9 Å². The van der Waals surface area contributed by atoms with Gasteiger partial charge in [-0.05, 0) is 60.6 Å². The zero-order valence-electron chi connectivity index (χ0n) is 38.1. The summed E-state index contributed by atoms with van der Waals surface area (Å²) in [5, 5.41) is 35.6. The molecule has 0 unspecified atom stereocenters. The molecule has 0 spiro atoms. The number of guanidine groups is 1. The van der Waals surface area contributed by atoms with E-state index in [1.165, 1.54) is 6.92 Å². The first kappa shape index (κ1) is 50.4. The highest BCUT2D eigenvalue weighted by Gasteiger charge is 2.35. The Morgan fingerprint density at radius 3 is 1.52 bits per heavy atom. The second kappa shape index (κ2) is 24.1. The van der Waals surface area contributed by atoms with Crippen molar-refractivity contribution in [2.24, 2.45) is 22.2 Å². The maximum absolute atomic E-state index is 14.7. The van der Waals surface area contributed by atoms with Gasteiger partial charge >= 0.3 is 5.97 Å². The zero-order valence-corrected chi connectivity index (χ0v) is 38.1. The maximum Gasteiger partial charge on any atom is 0.326 e. The van der Waals surface area contributed by atoms with Crippen LogP contribution in [0.25, 0.3) is 21.8 Å². The molecule has 15 N–H and O–H groups in total. The number of para-hydroxylation sites is 2. The lowest BCUT2D eigenvalue weighted by Gasteiger charge is -2.28. The summed E-state index contributed by atoms with van der Waals surface area (Å²) in [7, 11) is 0. The molecular weight excluding hydrogens is 883 g/mol. The summed E-state index contributed by atoms with van der Waals surface area (Å²) < 4.78 is 0. The quantitative estimate of drug-likeness (QED) is 0.0232. The second-order valence-corrected chi connectivity index (χ2v) is 16.9. The minimum atomic E-state index is -1.66. The third-order valence-corrected chi connectivity index (χ3v) is 11.6. The number of amides is 5. The van der Waals surface area contributed by atoms with E-state index < -0.39 is 77.9 Å². The second-order valence-electron chi connectivity index (χ2n) is 16.9. The molecule has 362 valence electrons. The van der Waals surface area contributed by atoms with Crippen molar-refractivity contribution in [2.75, 3.05) is 6.54 Å². The van der Waals surface area contributed by atoms with Crippen LogP contribution in [0.3, 0.4) is 0 Å². The largest absolute Gasteiger partial charge is 0.480 e. The van der Waals surface area contributed by atoms with E-state index in [0.717, 1.165) is 27.4 Å². The molecule has 0 bridgehead atoms. The highest BCUT2D eigenvalue weighted by molar-refractivity contribution is 5.97. The van der Waals surface area contributed by atoms with Crippen LogP contribution in [0.2, 0.25) is 0 Å². The number of aromatic amines is 2. The molecular formula is C50H59N11O8. The van der Waals surface area contributed by atoms with Gasteiger partial charge in [0.2, 0.25) is 29.5 Å². The van der Waals surface area contributed by atoms with Gasteiger partial charge in [-0.3, -0.25) is 29.0 Å². The number of aliphatic imine (C=N–C) groups is 1. The Bertz CT molecular complexity index is 2740. The maximum atomic E-state index is 14.7. The van der Waals surface area contributed by atoms with Crippen LogP contribution in [-0.2, 0) is 54.5 Å². The van der Waals surface area contributed by atoms with E-state index in [9.17, 15) is 39.0 Å². The number of nitrogens with zero attached hydrogens (tertiary/aromatic N) is 1. The SMILES string of the molecule is C[C@@H](O)[C@H](NC(=O)[C@H](CCCN=C(N)N)NC(=O)[C@@H](Cc1c[nH]c2ccccc12)NC(=O)[C@H](Cc1c[nH]c2ccccc12)NC(=O)[C@@H](N)Cc1ccccc1)C(=O)N[C@@H](Cc1ccccc1)C(=O)O. The van der Waals surface area contributed by atoms with Gasteiger partial charge in [0.1, 0.15) is 30.2 Å². The number of fused-ring (bicyclic) bond motifs is 2. The van der Waals surface area contributed by atoms with Crippen molar-refractivity contribution >= 4 is 63.3 Å². The first-order valence-electron chi connectivity index (χ1n) is 22.6. The third-order valence-electron chi connectivity index (χ3n) is 11.6. The van der Waals surface area contributed by atoms with Crippen LogP contribution >= 0.6 is 0 Å². The van der Waals surface area contributed by atoms with E-state index >= 15 is 0 Å². The Labute approximate surface area is 398 Å². The monoisotopic (exact) mass is 941 g/mol. The number of aliphatic carboxylic acids is 1. The lowest BCUT2D eigenvalue weighted by Crippen LogP contribution is -2.61. The summed E-state index contributed by atoms with van der Waals surface area (Å²) in [5.41, 5.74) is 21.9. The highest BCUT2D eigenvalue weighted by Crippen LogP contribution is 2.22. The van der Waals surface area contributed by atoms with E-state index in [1.54, 1.807) is 42.7 Å². The minimum Gasteiger partial charge on any atom is -0.480 e. The average Bonchev–Trinajstić information content (AvgIpc) is 3.94. The minimum absolute atomic E-state index is 0.00771. The van der Waals surface area contributed by atoms with Crippen LogP contribution in [0, 0.1) is 0 Å². The van der Waals surface area contributed by atoms with Crippen molar-refractivity contribution in [3.05, 3.63) is 144 Å². The first-order valence-corrected chi connectivity index (χ1v) is 22.6. The molecule has 0 aliphatic heterocycles. The lowest BCUT2D eigenvalue weighted by molar-refractivity contribution is -0.143. The molecule has 7 atom stereocenters. The number of benzene rings is 4. The van der Waals surface area contributed by atoms with Crippen molar-refractivity contribution in [3.8, 4) is 0 Å². The molecule has 0 saturated heterocycles. The van der Waals surface area contributed by atoms with Gasteiger partial charge in [0, 0.05) is 60.0 Å². The van der Waals surface area contributed by atoms with Crippen molar-refractivity contribution in [1.29, 1.82) is 0 Å². The Balaban J connectivity index is 1.27. The molecule has 6 rings (SSSR count). The smallest absolute Gasteiger partial charge is 0.326 e. The van der Waals surface area contributed by atoms with E-state index in [2.05, 4.69) is 41.5 Å². The third kappa shape index (κ3) is 14.2. The predicted molar refractivity (Wildman–Crippen MR) is 261 cm³/mol. The van der Waals surface area contributed by atoms with E-state index in [0.29, 0.717) is 16.7 Å². The molecule has 0 aliphatic rings. The van der Waals surface area contributed by atoms with Gasteiger partial charge in [-0.1, -0.05) is 97.1 Å². The molecule has 2 heterocycles. The number of hydrogen-bond donors (Lipinski definition) is 12. The summed E-state index contributed by atoms with van der Waals surface area (Å²) in [6.45, 7) is 1.30. The van der Waals surface area contributed by atoms with Crippen molar-refractivity contribution in [2.45, 2.75) is 87.8 Å². The fraction of sp³-hybridized carbons (Fsp3) is 0.300. The Morgan fingerprint density at radius 2 is 1.01 bits per heavy atom. The van der Waals surface area contributed by atoms with Gasteiger partial charge in [0.05, 0.1) is 12.1 Å². The normalized spacial score (nSPS) is 14.2.